The first kappa shape index (κ1) is 22.2. The summed E-state index contributed by atoms with van der Waals surface area (Å²) < 4.78 is 5.92. The van der Waals surface area contributed by atoms with E-state index in [0.29, 0.717) is 6.61 Å². The Labute approximate surface area is 182 Å². The van der Waals surface area contributed by atoms with Crippen molar-refractivity contribution in [3.63, 3.8) is 0 Å². The van der Waals surface area contributed by atoms with Gasteiger partial charge in [0.1, 0.15) is 12.4 Å². The Hall–Kier alpha value is -2.44. The molecule has 0 fully saturated rings. The zero-order valence-corrected chi connectivity index (χ0v) is 19.8. The molecule has 0 saturated heterocycles. The normalized spacial score (nSPS) is 11.8. The zero-order valence-electron chi connectivity index (χ0n) is 18.8. The fraction of sp³-hybridized carbons (Fsp3) is 0.296. The van der Waals surface area contributed by atoms with Gasteiger partial charge in [-0.3, -0.25) is 4.79 Å². The summed E-state index contributed by atoms with van der Waals surface area (Å²) >= 11 is 0. The zero-order chi connectivity index (χ0) is 21.9. The van der Waals surface area contributed by atoms with E-state index >= 15 is 0 Å². The van der Waals surface area contributed by atoms with Crippen molar-refractivity contribution in [2.24, 2.45) is 0 Å². The average molecular weight is 419 g/mol. The Morgan fingerprint density at radius 2 is 1.50 bits per heavy atom. The van der Waals surface area contributed by atoms with Crippen LogP contribution in [0.2, 0.25) is 0 Å². The highest BCUT2D eigenvalue weighted by Gasteiger charge is 2.20. The predicted octanol–water partition coefficient (Wildman–Crippen LogP) is 6.63. The third-order valence-corrected chi connectivity index (χ3v) is 6.63. The molecule has 1 unspecified atom stereocenters. The lowest BCUT2D eigenvalue weighted by atomic mass is 9.84. The molecule has 3 rings (SSSR count). The van der Waals surface area contributed by atoms with Crippen molar-refractivity contribution < 1.29 is 9.53 Å². The third-order valence-electron chi connectivity index (χ3n) is 5.32. The summed E-state index contributed by atoms with van der Waals surface area (Å²) in [5.74, 6) is 0.833. The van der Waals surface area contributed by atoms with Gasteiger partial charge in [0.2, 0.25) is 0 Å². The van der Waals surface area contributed by atoms with Gasteiger partial charge < -0.3 is 4.74 Å². The predicted molar refractivity (Wildman–Crippen MR) is 129 cm³/mol. The standard InChI is InChI=1S/C27H31O2P/c1-18-16-23(29-17-21-10-8-7-9-11-21)12-13-24(18)30-26(28)25-19(2)14-22(15-20(25)3)27(4,5)6/h7-16,30H,17H2,1-6H3. The van der Waals surface area contributed by atoms with Crippen LogP contribution < -0.4 is 10.0 Å². The molecule has 0 spiro atoms. The molecule has 0 saturated carbocycles. The number of aryl methyl sites for hydroxylation is 3. The van der Waals surface area contributed by atoms with Gasteiger partial charge >= 0.3 is 0 Å². The number of hydrogen-bond donors (Lipinski definition) is 0. The molecule has 3 heteroatoms. The van der Waals surface area contributed by atoms with Crippen LogP contribution in [0, 0.1) is 20.8 Å². The van der Waals surface area contributed by atoms with E-state index in [9.17, 15) is 4.79 Å². The second-order valence-corrected chi connectivity index (χ2v) is 10.2. The van der Waals surface area contributed by atoms with Gasteiger partial charge in [-0.05, 0) is 80.0 Å². The lowest BCUT2D eigenvalue weighted by molar-refractivity contribution is 0.108. The lowest BCUT2D eigenvalue weighted by Crippen LogP contribution is -2.14. The van der Waals surface area contributed by atoms with Crippen LogP contribution in [0.5, 0.6) is 5.75 Å². The van der Waals surface area contributed by atoms with E-state index in [0.717, 1.165) is 38.9 Å². The Morgan fingerprint density at radius 1 is 0.867 bits per heavy atom. The summed E-state index contributed by atoms with van der Waals surface area (Å²) in [6.07, 6.45) is 0. The molecular formula is C27H31O2P. The van der Waals surface area contributed by atoms with Crippen LogP contribution in [0.15, 0.2) is 60.7 Å². The molecule has 3 aromatic carbocycles. The number of rotatable bonds is 6. The summed E-state index contributed by atoms with van der Waals surface area (Å²) in [4.78, 5) is 13.1. The van der Waals surface area contributed by atoms with Crippen LogP contribution in [0.3, 0.4) is 0 Å². The third kappa shape index (κ3) is 5.37. The van der Waals surface area contributed by atoms with Gasteiger partial charge in [0, 0.05) is 5.56 Å². The van der Waals surface area contributed by atoms with Crippen molar-refractivity contribution in [2.75, 3.05) is 0 Å². The molecule has 0 aromatic heterocycles. The largest absolute Gasteiger partial charge is 0.489 e. The molecule has 0 bridgehead atoms. The van der Waals surface area contributed by atoms with Crippen LogP contribution in [0.4, 0.5) is 0 Å². The number of carbonyl (C=O) groups excluding carboxylic acids is 1. The Bertz CT molecular complexity index is 1020. The molecule has 0 radical (unpaired) electrons. The number of ether oxygens (including phenoxy) is 1. The topological polar surface area (TPSA) is 26.3 Å². The first-order valence-corrected chi connectivity index (χ1v) is 11.4. The van der Waals surface area contributed by atoms with Crippen LogP contribution in [-0.2, 0) is 12.0 Å². The number of hydrogen-bond acceptors (Lipinski definition) is 2. The minimum Gasteiger partial charge on any atom is -0.489 e. The van der Waals surface area contributed by atoms with Gasteiger partial charge in [0.25, 0.3) is 0 Å². The molecule has 1 atom stereocenters. The smallest absolute Gasteiger partial charge is 0.186 e. The molecule has 2 nitrogen and oxygen atoms in total. The van der Waals surface area contributed by atoms with Crippen molar-refractivity contribution in [2.45, 2.75) is 53.6 Å². The maximum atomic E-state index is 13.1. The van der Waals surface area contributed by atoms with E-state index < -0.39 is 0 Å². The van der Waals surface area contributed by atoms with Crippen molar-refractivity contribution in [1.29, 1.82) is 0 Å². The van der Waals surface area contributed by atoms with E-state index in [1.165, 1.54) is 5.56 Å². The summed E-state index contributed by atoms with van der Waals surface area (Å²) in [7, 11) is 0.108. The molecule has 0 N–H and O–H groups in total. The van der Waals surface area contributed by atoms with E-state index in [-0.39, 0.29) is 19.5 Å². The Balaban J connectivity index is 1.74. The average Bonchev–Trinajstić information content (AvgIpc) is 2.68. The van der Waals surface area contributed by atoms with Crippen LogP contribution in [-0.4, -0.2) is 5.52 Å². The molecular weight excluding hydrogens is 387 g/mol. The van der Waals surface area contributed by atoms with Gasteiger partial charge in [-0.15, -0.1) is 0 Å². The van der Waals surface area contributed by atoms with Gasteiger partial charge in [0.15, 0.2) is 5.52 Å². The van der Waals surface area contributed by atoms with Gasteiger partial charge in [-0.25, -0.2) is 0 Å². The van der Waals surface area contributed by atoms with Crippen LogP contribution in [0.25, 0.3) is 0 Å². The van der Waals surface area contributed by atoms with Gasteiger partial charge in [0.05, 0.1) is 0 Å². The van der Waals surface area contributed by atoms with E-state index in [4.69, 9.17) is 4.74 Å². The molecule has 3 aromatic rings. The molecule has 0 aliphatic carbocycles. The highest BCUT2D eigenvalue weighted by molar-refractivity contribution is 7.66. The van der Waals surface area contributed by atoms with Gasteiger partial charge in [-0.2, -0.15) is 0 Å². The Morgan fingerprint density at radius 3 is 2.07 bits per heavy atom. The molecule has 30 heavy (non-hydrogen) atoms. The van der Waals surface area contributed by atoms with Crippen molar-refractivity contribution in [3.8, 4) is 5.75 Å². The quantitative estimate of drug-likeness (QED) is 0.420. The summed E-state index contributed by atoms with van der Waals surface area (Å²) in [5.41, 5.74) is 6.78. The van der Waals surface area contributed by atoms with E-state index in [2.05, 4.69) is 45.0 Å². The molecule has 0 heterocycles. The highest BCUT2D eigenvalue weighted by atomic mass is 31.1. The molecule has 0 aliphatic heterocycles. The minimum absolute atomic E-state index is 0.0750. The summed E-state index contributed by atoms with van der Waals surface area (Å²) in [6, 6.07) is 20.5. The van der Waals surface area contributed by atoms with Crippen molar-refractivity contribution in [1.82, 2.24) is 0 Å². The Kier molecular flexibility index (Phi) is 6.78. The first-order valence-electron chi connectivity index (χ1n) is 10.4. The molecule has 0 aliphatic rings. The maximum absolute atomic E-state index is 13.1. The lowest BCUT2D eigenvalue weighted by Gasteiger charge is -2.22. The number of benzene rings is 3. The van der Waals surface area contributed by atoms with E-state index in [1.54, 1.807) is 0 Å². The summed E-state index contributed by atoms with van der Waals surface area (Å²) in [6.45, 7) is 13.3. The maximum Gasteiger partial charge on any atom is 0.186 e. The van der Waals surface area contributed by atoms with E-state index in [1.807, 2.05) is 57.2 Å². The van der Waals surface area contributed by atoms with Crippen molar-refractivity contribution >= 4 is 19.4 Å². The fourth-order valence-corrected chi connectivity index (χ4v) is 4.75. The van der Waals surface area contributed by atoms with Gasteiger partial charge in [-0.1, -0.05) is 69.3 Å². The SMILES string of the molecule is Cc1cc(OCc2ccccc2)ccc1PC(=O)c1c(C)cc(C(C)(C)C)cc1C. The molecule has 0 amide bonds. The van der Waals surface area contributed by atoms with Crippen LogP contribution in [0.1, 0.15) is 58.9 Å². The van der Waals surface area contributed by atoms with Crippen molar-refractivity contribution in [3.05, 3.63) is 94.0 Å². The van der Waals surface area contributed by atoms with Crippen LogP contribution >= 0.6 is 8.58 Å². The second kappa shape index (κ2) is 9.14. The fourth-order valence-electron chi connectivity index (χ4n) is 3.55. The highest BCUT2D eigenvalue weighted by Crippen LogP contribution is 2.31. The minimum atomic E-state index is 0.0750. The first-order chi connectivity index (χ1) is 14.1. The second-order valence-electron chi connectivity index (χ2n) is 8.94. The molecule has 156 valence electrons. The monoisotopic (exact) mass is 418 g/mol. The number of carbonyl (C=O) groups is 1. The summed E-state index contributed by atoms with van der Waals surface area (Å²) in [5, 5.41) is 1.07.